The Morgan fingerprint density at radius 3 is 2.67 bits per heavy atom. The maximum Gasteiger partial charge on any atom is 0.238 e. The summed E-state index contributed by atoms with van der Waals surface area (Å²) >= 11 is 0. The molecule has 0 aliphatic carbocycles. The van der Waals surface area contributed by atoms with Crippen LogP contribution in [0.2, 0.25) is 0 Å². The number of anilines is 1. The van der Waals surface area contributed by atoms with Gasteiger partial charge in [-0.05, 0) is 12.1 Å². The minimum atomic E-state index is 0.00597. The van der Waals surface area contributed by atoms with Crippen LogP contribution in [0.25, 0.3) is 0 Å². The second-order valence-corrected chi connectivity index (χ2v) is 2.10. The van der Waals surface area contributed by atoms with Crippen LogP contribution in [0.5, 0.6) is 5.75 Å². The predicted molar refractivity (Wildman–Crippen MR) is 43.7 cm³/mol. The Bertz CT molecular complexity index is 275. The molecule has 12 heavy (non-hydrogen) atoms. The molecule has 0 aliphatic rings. The third-order valence-corrected chi connectivity index (χ3v) is 1.41. The average Bonchev–Trinajstić information content (AvgIpc) is 2.10. The highest BCUT2D eigenvalue weighted by atomic mass is 16.7. The summed E-state index contributed by atoms with van der Waals surface area (Å²) in [5.74, 6) is 0.00597. The summed E-state index contributed by atoms with van der Waals surface area (Å²) in [6.07, 6.45) is 0.481. The molecule has 0 aliphatic heterocycles. The van der Waals surface area contributed by atoms with Crippen molar-refractivity contribution in [2.75, 3.05) is 12.2 Å². The largest absolute Gasteiger partial charge is 0.506 e. The lowest BCUT2D eigenvalue weighted by Crippen LogP contribution is -2.18. The summed E-state index contributed by atoms with van der Waals surface area (Å²) in [5, 5.41) is 10.2. The molecule has 4 nitrogen and oxygen atoms in total. The molecule has 1 aromatic rings. The number of para-hydroxylation sites is 2. The van der Waals surface area contributed by atoms with Gasteiger partial charge >= 0.3 is 0 Å². The molecule has 1 N–H and O–H groups in total. The van der Waals surface area contributed by atoms with Crippen molar-refractivity contribution in [1.29, 1.82) is 0 Å². The molecular weight excluding hydrogens is 158 g/mol. The van der Waals surface area contributed by atoms with E-state index in [1.54, 1.807) is 18.2 Å². The van der Waals surface area contributed by atoms with Gasteiger partial charge in [0.1, 0.15) is 11.4 Å². The topological polar surface area (TPSA) is 49.8 Å². The van der Waals surface area contributed by atoms with Gasteiger partial charge in [-0.1, -0.05) is 12.1 Å². The van der Waals surface area contributed by atoms with E-state index in [0.29, 0.717) is 12.1 Å². The van der Waals surface area contributed by atoms with Crippen LogP contribution in [-0.2, 0) is 9.63 Å². The van der Waals surface area contributed by atoms with Gasteiger partial charge in [0, 0.05) is 0 Å². The van der Waals surface area contributed by atoms with E-state index in [9.17, 15) is 9.90 Å². The van der Waals surface area contributed by atoms with Gasteiger partial charge in [0.15, 0.2) is 0 Å². The lowest BCUT2D eigenvalue weighted by molar-refractivity contribution is -0.112. The van der Waals surface area contributed by atoms with Crippen molar-refractivity contribution >= 4 is 12.1 Å². The van der Waals surface area contributed by atoms with Crippen molar-refractivity contribution in [1.82, 2.24) is 0 Å². The number of phenolic OH excluding ortho intramolecular Hbond substituents is 1. The van der Waals surface area contributed by atoms with Crippen molar-refractivity contribution in [2.24, 2.45) is 0 Å². The molecule has 0 bridgehead atoms. The number of hydrogen-bond donors (Lipinski definition) is 1. The van der Waals surface area contributed by atoms with Gasteiger partial charge in [0.25, 0.3) is 0 Å². The molecule has 1 rings (SSSR count). The van der Waals surface area contributed by atoms with Gasteiger partial charge in [-0.15, -0.1) is 0 Å². The SMILES string of the molecule is CON(C=O)c1ccccc1O. The number of phenols is 1. The van der Waals surface area contributed by atoms with Crippen LogP contribution in [0.1, 0.15) is 0 Å². The molecule has 0 radical (unpaired) electrons. The molecule has 0 saturated heterocycles. The Kier molecular flexibility index (Phi) is 2.66. The summed E-state index contributed by atoms with van der Waals surface area (Å²) in [4.78, 5) is 15.1. The third-order valence-electron chi connectivity index (χ3n) is 1.41. The van der Waals surface area contributed by atoms with Gasteiger partial charge in [0.05, 0.1) is 7.11 Å². The molecule has 0 saturated carbocycles. The monoisotopic (exact) mass is 167 g/mol. The second kappa shape index (κ2) is 3.73. The van der Waals surface area contributed by atoms with E-state index in [0.717, 1.165) is 5.06 Å². The van der Waals surface area contributed by atoms with Crippen LogP contribution in [0.15, 0.2) is 24.3 Å². The lowest BCUT2D eigenvalue weighted by atomic mass is 10.3. The highest BCUT2D eigenvalue weighted by Crippen LogP contribution is 2.24. The molecule has 0 spiro atoms. The summed E-state index contributed by atoms with van der Waals surface area (Å²) in [6, 6.07) is 6.42. The quantitative estimate of drug-likeness (QED) is 0.537. The Morgan fingerprint density at radius 1 is 1.50 bits per heavy atom. The molecule has 64 valence electrons. The smallest absolute Gasteiger partial charge is 0.238 e. The molecule has 0 atom stereocenters. The minimum absolute atomic E-state index is 0.00597. The predicted octanol–water partition coefficient (Wildman–Crippen LogP) is 0.916. The summed E-state index contributed by atoms with van der Waals surface area (Å²) in [6.45, 7) is 0. The van der Waals surface area contributed by atoms with Crippen molar-refractivity contribution in [3.8, 4) is 5.75 Å². The van der Waals surface area contributed by atoms with Crippen LogP contribution in [0, 0.1) is 0 Å². The first kappa shape index (κ1) is 8.55. The summed E-state index contributed by atoms with van der Waals surface area (Å²) in [7, 11) is 1.35. The standard InChI is InChI=1S/C8H9NO3/c1-12-9(6-10)7-4-2-3-5-8(7)11/h2-6,11H,1H3. The molecule has 0 unspecified atom stereocenters. The zero-order valence-electron chi connectivity index (χ0n) is 6.60. The number of aromatic hydroxyl groups is 1. The number of hydroxylamine groups is 1. The number of nitrogens with zero attached hydrogens (tertiary/aromatic N) is 1. The van der Waals surface area contributed by atoms with E-state index in [4.69, 9.17) is 0 Å². The zero-order valence-corrected chi connectivity index (χ0v) is 6.60. The number of carbonyl (C=O) groups is 1. The van der Waals surface area contributed by atoms with E-state index in [1.807, 2.05) is 0 Å². The van der Waals surface area contributed by atoms with Gasteiger partial charge < -0.3 is 5.11 Å². The second-order valence-electron chi connectivity index (χ2n) is 2.10. The average molecular weight is 167 g/mol. The first-order valence-electron chi connectivity index (χ1n) is 3.36. The van der Waals surface area contributed by atoms with Gasteiger partial charge in [-0.3, -0.25) is 9.63 Å². The fraction of sp³-hybridized carbons (Fsp3) is 0.125. The van der Waals surface area contributed by atoms with Crippen LogP contribution >= 0.6 is 0 Å². The number of rotatable bonds is 3. The minimum Gasteiger partial charge on any atom is -0.506 e. The maximum absolute atomic E-state index is 10.4. The normalized spacial score (nSPS) is 9.42. The molecular formula is C8H9NO3. The number of benzene rings is 1. The van der Waals surface area contributed by atoms with Crippen LogP contribution < -0.4 is 5.06 Å². The fourth-order valence-electron chi connectivity index (χ4n) is 0.849. The molecule has 0 fully saturated rings. The summed E-state index contributed by atoms with van der Waals surface area (Å²) < 4.78 is 0. The van der Waals surface area contributed by atoms with E-state index in [-0.39, 0.29) is 5.75 Å². The highest BCUT2D eigenvalue weighted by Gasteiger charge is 2.07. The molecule has 4 heteroatoms. The first-order valence-corrected chi connectivity index (χ1v) is 3.36. The van der Waals surface area contributed by atoms with Crippen molar-refractivity contribution in [2.45, 2.75) is 0 Å². The van der Waals surface area contributed by atoms with E-state index >= 15 is 0 Å². The first-order chi connectivity index (χ1) is 5.79. The van der Waals surface area contributed by atoms with Gasteiger partial charge in [-0.25, -0.2) is 0 Å². The van der Waals surface area contributed by atoms with Crippen LogP contribution in [0.3, 0.4) is 0 Å². The molecule has 1 aromatic carbocycles. The van der Waals surface area contributed by atoms with Crippen molar-refractivity contribution < 1.29 is 14.7 Å². The van der Waals surface area contributed by atoms with E-state index in [1.165, 1.54) is 13.2 Å². The molecule has 1 amide bonds. The Hall–Kier alpha value is -1.55. The number of hydrogen-bond acceptors (Lipinski definition) is 3. The molecule has 0 heterocycles. The Balaban J connectivity index is 3.00. The highest BCUT2D eigenvalue weighted by molar-refractivity contribution is 5.75. The lowest BCUT2D eigenvalue weighted by Gasteiger charge is -2.14. The van der Waals surface area contributed by atoms with E-state index < -0.39 is 0 Å². The third kappa shape index (κ3) is 1.54. The number of amides is 1. The van der Waals surface area contributed by atoms with E-state index in [2.05, 4.69) is 4.84 Å². The van der Waals surface area contributed by atoms with Crippen molar-refractivity contribution in [3.63, 3.8) is 0 Å². The summed E-state index contributed by atoms with van der Waals surface area (Å²) in [5.41, 5.74) is 0.329. The number of carbonyl (C=O) groups excluding carboxylic acids is 1. The van der Waals surface area contributed by atoms with Crippen molar-refractivity contribution in [3.05, 3.63) is 24.3 Å². The zero-order chi connectivity index (χ0) is 8.97. The van der Waals surface area contributed by atoms with Gasteiger partial charge in [-0.2, -0.15) is 5.06 Å². The Labute approximate surface area is 69.9 Å². The van der Waals surface area contributed by atoms with Gasteiger partial charge in [0.2, 0.25) is 6.41 Å². The molecule has 0 aromatic heterocycles. The van der Waals surface area contributed by atoms with Crippen LogP contribution in [0.4, 0.5) is 5.69 Å². The Morgan fingerprint density at radius 2 is 2.17 bits per heavy atom. The fourth-order valence-corrected chi connectivity index (χ4v) is 0.849. The van der Waals surface area contributed by atoms with Crippen LogP contribution in [-0.4, -0.2) is 18.6 Å². The maximum atomic E-state index is 10.4.